The van der Waals surface area contributed by atoms with E-state index in [0.29, 0.717) is 29.4 Å². The molecule has 0 fully saturated rings. The Hall–Kier alpha value is -2.17. The van der Waals surface area contributed by atoms with E-state index in [1.807, 2.05) is 6.92 Å². The van der Waals surface area contributed by atoms with Crippen molar-refractivity contribution in [1.82, 2.24) is 0 Å². The molecule has 0 radical (unpaired) electrons. The molecule has 0 saturated carbocycles. The molecule has 5 heteroatoms. The van der Waals surface area contributed by atoms with E-state index in [0.717, 1.165) is 6.42 Å². The van der Waals surface area contributed by atoms with Gasteiger partial charge in [0.25, 0.3) is 0 Å². The molecule has 0 heterocycles. The molecule has 0 spiro atoms. The molecular formula is C15H20O5. The van der Waals surface area contributed by atoms with Gasteiger partial charge in [-0.25, -0.2) is 4.79 Å². The second-order valence-electron chi connectivity index (χ2n) is 3.95. The van der Waals surface area contributed by atoms with Crippen LogP contribution in [0.25, 0.3) is 6.08 Å². The highest BCUT2D eigenvalue weighted by atomic mass is 16.5. The standard InChI is InChI=1S/C15H20O5/c1-5-8-20-15(16)7-6-12-13(18-3)9-11(17-2)10-14(12)19-4/h6-7,9-10H,5,8H2,1-4H3. The van der Waals surface area contributed by atoms with Gasteiger partial charge in [0.15, 0.2) is 0 Å². The molecule has 1 aromatic rings. The molecule has 0 saturated heterocycles. The highest BCUT2D eigenvalue weighted by Gasteiger charge is 2.11. The number of methoxy groups -OCH3 is 3. The second kappa shape index (κ2) is 8.09. The van der Waals surface area contributed by atoms with Gasteiger partial charge in [-0.15, -0.1) is 0 Å². The first-order valence-corrected chi connectivity index (χ1v) is 6.31. The Morgan fingerprint density at radius 3 is 2.15 bits per heavy atom. The lowest BCUT2D eigenvalue weighted by molar-refractivity contribution is -0.137. The lowest BCUT2D eigenvalue weighted by atomic mass is 10.1. The molecule has 0 amide bonds. The highest BCUT2D eigenvalue weighted by Crippen LogP contribution is 2.34. The number of rotatable bonds is 7. The van der Waals surface area contributed by atoms with Gasteiger partial charge in [-0.05, 0) is 12.5 Å². The molecule has 1 aromatic carbocycles. The molecule has 5 nitrogen and oxygen atoms in total. The van der Waals surface area contributed by atoms with Crippen molar-refractivity contribution in [3.63, 3.8) is 0 Å². The summed E-state index contributed by atoms with van der Waals surface area (Å²) < 4.78 is 20.7. The molecule has 20 heavy (non-hydrogen) atoms. The zero-order valence-corrected chi connectivity index (χ0v) is 12.3. The smallest absolute Gasteiger partial charge is 0.330 e. The summed E-state index contributed by atoms with van der Waals surface area (Å²) in [6, 6.07) is 3.44. The molecule has 1 rings (SSSR count). The average molecular weight is 280 g/mol. The summed E-state index contributed by atoms with van der Waals surface area (Å²) in [6.45, 7) is 2.34. The summed E-state index contributed by atoms with van der Waals surface area (Å²) in [5, 5.41) is 0. The molecule has 0 unspecified atom stereocenters. The molecule has 0 atom stereocenters. The minimum absolute atomic E-state index is 0.397. The van der Waals surface area contributed by atoms with Crippen LogP contribution in [0.1, 0.15) is 18.9 Å². The van der Waals surface area contributed by atoms with Crippen LogP contribution < -0.4 is 14.2 Å². The Kier molecular flexibility index (Phi) is 6.43. The monoisotopic (exact) mass is 280 g/mol. The van der Waals surface area contributed by atoms with Gasteiger partial charge in [-0.2, -0.15) is 0 Å². The summed E-state index contributed by atoms with van der Waals surface area (Å²) in [5.41, 5.74) is 0.657. The van der Waals surface area contributed by atoms with Crippen LogP contribution in [0.5, 0.6) is 17.2 Å². The Labute approximate surface area is 119 Å². The number of carbonyl (C=O) groups excluding carboxylic acids is 1. The third kappa shape index (κ3) is 4.19. The van der Waals surface area contributed by atoms with Gasteiger partial charge >= 0.3 is 5.97 Å². The quantitative estimate of drug-likeness (QED) is 0.568. The van der Waals surface area contributed by atoms with Crippen molar-refractivity contribution < 1.29 is 23.7 Å². The van der Waals surface area contributed by atoms with Crippen LogP contribution >= 0.6 is 0 Å². The molecule has 0 aliphatic heterocycles. The van der Waals surface area contributed by atoms with Crippen LogP contribution in [0.2, 0.25) is 0 Å². The van der Waals surface area contributed by atoms with Gasteiger partial charge in [0, 0.05) is 18.2 Å². The van der Waals surface area contributed by atoms with Crippen molar-refractivity contribution in [2.45, 2.75) is 13.3 Å². The van der Waals surface area contributed by atoms with Crippen LogP contribution in [0.4, 0.5) is 0 Å². The lowest BCUT2D eigenvalue weighted by Crippen LogP contribution is -2.01. The predicted octanol–water partition coefficient (Wildman–Crippen LogP) is 2.68. The van der Waals surface area contributed by atoms with Gasteiger partial charge in [0.05, 0.1) is 33.5 Å². The predicted molar refractivity (Wildman–Crippen MR) is 76.4 cm³/mol. The van der Waals surface area contributed by atoms with Crippen molar-refractivity contribution in [3.05, 3.63) is 23.8 Å². The van der Waals surface area contributed by atoms with E-state index in [4.69, 9.17) is 18.9 Å². The summed E-state index contributed by atoms with van der Waals surface area (Å²) in [4.78, 5) is 11.5. The molecule has 0 aromatic heterocycles. The summed E-state index contributed by atoms with van der Waals surface area (Å²) in [7, 11) is 4.65. The maximum absolute atomic E-state index is 11.5. The van der Waals surface area contributed by atoms with Crippen LogP contribution in [0, 0.1) is 0 Å². The van der Waals surface area contributed by atoms with Gasteiger partial charge in [-0.1, -0.05) is 6.92 Å². The maximum atomic E-state index is 11.5. The molecule has 110 valence electrons. The van der Waals surface area contributed by atoms with E-state index in [1.54, 1.807) is 39.5 Å². The maximum Gasteiger partial charge on any atom is 0.330 e. The highest BCUT2D eigenvalue weighted by molar-refractivity contribution is 5.88. The summed E-state index contributed by atoms with van der Waals surface area (Å²) in [6.07, 6.45) is 3.74. The van der Waals surface area contributed by atoms with Gasteiger partial charge < -0.3 is 18.9 Å². The Morgan fingerprint density at radius 1 is 1.10 bits per heavy atom. The number of esters is 1. The summed E-state index contributed by atoms with van der Waals surface area (Å²) >= 11 is 0. The van der Waals surface area contributed by atoms with E-state index in [1.165, 1.54) is 6.08 Å². The van der Waals surface area contributed by atoms with Crippen molar-refractivity contribution >= 4 is 12.0 Å². The first-order valence-electron chi connectivity index (χ1n) is 6.31. The van der Waals surface area contributed by atoms with Crippen molar-refractivity contribution in [1.29, 1.82) is 0 Å². The Bertz CT molecular complexity index is 454. The molecule has 0 bridgehead atoms. The molecule has 0 N–H and O–H groups in total. The fourth-order valence-electron chi connectivity index (χ4n) is 1.60. The number of hydrogen-bond donors (Lipinski definition) is 0. The van der Waals surface area contributed by atoms with Crippen molar-refractivity contribution in [2.24, 2.45) is 0 Å². The van der Waals surface area contributed by atoms with Crippen LogP contribution in [-0.4, -0.2) is 33.9 Å². The number of ether oxygens (including phenoxy) is 4. The second-order valence-corrected chi connectivity index (χ2v) is 3.95. The third-order valence-corrected chi connectivity index (χ3v) is 2.59. The van der Waals surface area contributed by atoms with E-state index < -0.39 is 5.97 Å². The number of carbonyl (C=O) groups is 1. The first kappa shape index (κ1) is 15.9. The van der Waals surface area contributed by atoms with E-state index in [2.05, 4.69) is 0 Å². The molecule has 0 aliphatic carbocycles. The minimum atomic E-state index is -0.397. The van der Waals surface area contributed by atoms with Crippen molar-refractivity contribution in [3.8, 4) is 17.2 Å². The van der Waals surface area contributed by atoms with Gasteiger partial charge in [0.2, 0.25) is 0 Å². The largest absolute Gasteiger partial charge is 0.496 e. The van der Waals surface area contributed by atoms with Crippen LogP contribution in [-0.2, 0) is 9.53 Å². The van der Waals surface area contributed by atoms with E-state index in [9.17, 15) is 4.79 Å². The Morgan fingerprint density at radius 2 is 1.70 bits per heavy atom. The fraction of sp³-hybridized carbons (Fsp3) is 0.400. The van der Waals surface area contributed by atoms with Gasteiger partial charge in [0.1, 0.15) is 17.2 Å². The number of benzene rings is 1. The van der Waals surface area contributed by atoms with E-state index in [-0.39, 0.29) is 0 Å². The van der Waals surface area contributed by atoms with Crippen molar-refractivity contribution in [2.75, 3.05) is 27.9 Å². The summed E-state index contributed by atoms with van der Waals surface area (Å²) in [5.74, 6) is 1.33. The first-order chi connectivity index (χ1) is 9.65. The fourth-order valence-corrected chi connectivity index (χ4v) is 1.60. The molecular weight excluding hydrogens is 260 g/mol. The normalized spacial score (nSPS) is 10.4. The van der Waals surface area contributed by atoms with E-state index >= 15 is 0 Å². The van der Waals surface area contributed by atoms with Crippen LogP contribution in [0.15, 0.2) is 18.2 Å². The average Bonchev–Trinajstić information content (AvgIpc) is 2.49. The zero-order chi connectivity index (χ0) is 15.0. The topological polar surface area (TPSA) is 54.0 Å². The third-order valence-electron chi connectivity index (χ3n) is 2.59. The zero-order valence-electron chi connectivity index (χ0n) is 12.3. The SMILES string of the molecule is CCCOC(=O)C=Cc1c(OC)cc(OC)cc1OC. The Balaban J connectivity index is 3.03. The number of hydrogen-bond acceptors (Lipinski definition) is 5. The lowest BCUT2D eigenvalue weighted by Gasteiger charge is -2.12. The van der Waals surface area contributed by atoms with Crippen LogP contribution in [0.3, 0.4) is 0 Å². The van der Waals surface area contributed by atoms with Gasteiger partial charge in [-0.3, -0.25) is 0 Å². The minimum Gasteiger partial charge on any atom is -0.496 e. The molecule has 0 aliphatic rings.